The first kappa shape index (κ1) is 21.0. The monoisotopic (exact) mass is 414 g/mol. The second kappa shape index (κ2) is 7.78. The van der Waals surface area contributed by atoms with E-state index in [1.54, 1.807) is 19.1 Å². The minimum atomic E-state index is -0.334. The van der Waals surface area contributed by atoms with Crippen molar-refractivity contribution in [3.8, 4) is 5.75 Å². The van der Waals surface area contributed by atoms with Crippen LogP contribution in [0.2, 0.25) is 0 Å². The van der Waals surface area contributed by atoms with Crippen LogP contribution < -0.4 is 4.74 Å². The molecule has 2 aliphatic carbocycles. The van der Waals surface area contributed by atoms with Gasteiger partial charge in [-0.25, -0.2) is 4.79 Å². The molecule has 30 heavy (non-hydrogen) atoms. The molecule has 0 atom stereocenters. The van der Waals surface area contributed by atoms with Crippen molar-refractivity contribution in [2.24, 2.45) is 11.3 Å². The molecule has 3 fully saturated rings. The third-order valence-corrected chi connectivity index (χ3v) is 8.06. The summed E-state index contributed by atoms with van der Waals surface area (Å²) in [5.41, 5.74) is 1.55. The lowest BCUT2D eigenvalue weighted by Gasteiger charge is -2.54. The fourth-order valence-corrected chi connectivity index (χ4v) is 5.77. The van der Waals surface area contributed by atoms with E-state index in [0.717, 1.165) is 44.5 Å². The average Bonchev–Trinajstić information content (AvgIpc) is 2.73. The van der Waals surface area contributed by atoms with Crippen LogP contribution in [0.4, 0.5) is 4.79 Å². The number of amides is 2. The van der Waals surface area contributed by atoms with E-state index in [1.165, 1.54) is 25.5 Å². The Kier molecular flexibility index (Phi) is 5.45. The normalized spacial score (nSPS) is 27.7. The van der Waals surface area contributed by atoms with Crippen LogP contribution in [0.15, 0.2) is 24.3 Å². The molecule has 3 aliphatic rings. The first-order valence-corrected chi connectivity index (χ1v) is 11.0. The molecule has 1 spiro atoms. The maximum atomic E-state index is 13.0. The van der Waals surface area contributed by atoms with Gasteiger partial charge in [0.1, 0.15) is 5.75 Å². The topological polar surface area (TPSA) is 59.1 Å². The first-order chi connectivity index (χ1) is 14.3. The van der Waals surface area contributed by atoms with Crippen molar-refractivity contribution in [1.29, 1.82) is 0 Å². The van der Waals surface area contributed by atoms with Crippen molar-refractivity contribution in [1.82, 2.24) is 9.80 Å². The minimum absolute atomic E-state index is 0.0320. The summed E-state index contributed by atoms with van der Waals surface area (Å²) in [5.74, 6) is 1.85. The Morgan fingerprint density at radius 2 is 1.63 bits per heavy atom. The number of carbonyl (C=O) groups is 2. The van der Waals surface area contributed by atoms with Gasteiger partial charge in [0.05, 0.1) is 14.2 Å². The van der Waals surface area contributed by atoms with Gasteiger partial charge in [0.2, 0.25) is 5.91 Å². The molecule has 0 N–H and O–H groups in total. The number of rotatable bonds is 4. The maximum Gasteiger partial charge on any atom is 0.409 e. The van der Waals surface area contributed by atoms with Gasteiger partial charge in [-0.2, -0.15) is 0 Å². The SMILES string of the molecule is COC(=O)N(C)C1(C)CC(C(=O)N2CCC3(CC2)CC(c2ccc(OC)cc2)C3)C1. The number of carbonyl (C=O) groups excluding carboxylic acids is 2. The number of piperidine rings is 1. The summed E-state index contributed by atoms with van der Waals surface area (Å²) in [4.78, 5) is 28.5. The van der Waals surface area contributed by atoms with Crippen molar-refractivity contribution in [3.05, 3.63) is 29.8 Å². The molecule has 6 nitrogen and oxygen atoms in total. The summed E-state index contributed by atoms with van der Waals surface area (Å²) < 4.78 is 10.1. The van der Waals surface area contributed by atoms with Crippen LogP contribution >= 0.6 is 0 Å². The fourth-order valence-electron chi connectivity index (χ4n) is 5.77. The maximum absolute atomic E-state index is 13.0. The number of ether oxygens (including phenoxy) is 2. The molecule has 4 rings (SSSR count). The van der Waals surface area contributed by atoms with Crippen molar-refractivity contribution in [2.45, 2.75) is 56.9 Å². The van der Waals surface area contributed by atoms with Crippen LogP contribution in [0.3, 0.4) is 0 Å². The Labute approximate surface area is 179 Å². The van der Waals surface area contributed by atoms with Gasteiger partial charge in [-0.1, -0.05) is 12.1 Å². The molecule has 1 heterocycles. The molecule has 6 heteroatoms. The lowest BCUT2D eigenvalue weighted by atomic mass is 9.56. The lowest BCUT2D eigenvalue weighted by molar-refractivity contribution is -0.147. The highest BCUT2D eigenvalue weighted by atomic mass is 16.5. The van der Waals surface area contributed by atoms with Gasteiger partial charge in [-0.15, -0.1) is 0 Å². The summed E-state index contributed by atoms with van der Waals surface area (Å²) in [6.45, 7) is 3.77. The van der Waals surface area contributed by atoms with Gasteiger partial charge in [0.15, 0.2) is 0 Å². The van der Waals surface area contributed by atoms with E-state index in [2.05, 4.69) is 17.0 Å². The zero-order valence-electron chi connectivity index (χ0n) is 18.6. The van der Waals surface area contributed by atoms with Crippen LogP contribution in [0, 0.1) is 11.3 Å². The highest BCUT2D eigenvalue weighted by molar-refractivity contribution is 5.81. The van der Waals surface area contributed by atoms with Crippen LogP contribution in [0.5, 0.6) is 5.75 Å². The largest absolute Gasteiger partial charge is 0.497 e. The number of hydrogen-bond acceptors (Lipinski definition) is 4. The number of hydrogen-bond donors (Lipinski definition) is 0. The van der Waals surface area contributed by atoms with Crippen LogP contribution in [0.25, 0.3) is 0 Å². The summed E-state index contributed by atoms with van der Waals surface area (Å²) >= 11 is 0. The number of likely N-dealkylation sites (tertiary alicyclic amines) is 1. The molecule has 0 unspecified atom stereocenters. The van der Waals surface area contributed by atoms with E-state index in [9.17, 15) is 9.59 Å². The summed E-state index contributed by atoms with van der Waals surface area (Å²) in [6.07, 6.45) is 5.78. The predicted molar refractivity (Wildman–Crippen MR) is 115 cm³/mol. The highest BCUT2D eigenvalue weighted by Crippen LogP contribution is 2.57. The number of nitrogens with zero attached hydrogens (tertiary/aromatic N) is 2. The Bertz CT molecular complexity index is 784. The van der Waals surface area contributed by atoms with Gasteiger partial charge in [-0.3, -0.25) is 4.79 Å². The van der Waals surface area contributed by atoms with E-state index < -0.39 is 0 Å². The van der Waals surface area contributed by atoms with Crippen LogP contribution in [-0.4, -0.2) is 61.7 Å². The average molecular weight is 415 g/mol. The van der Waals surface area contributed by atoms with Crippen LogP contribution in [-0.2, 0) is 9.53 Å². The molecule has 164 valence electrons. The Hall–Kier alpha value is -2.24. The van der Waals surface area contributed by atoms with Gasteiger partial charge >= 0.3 is 6.09 Å². The second-order valence-electron chi connectivity index (χ2n) is 9.83. The third kappa shape index (κ3) is 3.65. The van der Waals surface area contributed by atoms with Gasteiger partial charge in [0, 0.05) is 31.6 Å². The summed E-state index contributed by atoms with van der Waals surface area (Å²) in [5, 5.41) is 0. The number of benzene rings is 1. The number of methoxy groups -OCH3 is 2. The molecule has 0 aromatic heterocycles. The molecule has 1 saturated heterocycles. The molecule has 0 bridgehead atoms. The first-order valence-electron chi connectivity index (χ1n) is 11.0. The summed E-state index contributed by atoms with van der Waals surface area (Å²) in [6, 6.07) is 8.47. The Morgan fingerprint density at radius 3 is 2.17 bits per heavy atom. The molecule has 2 amide bonds. The molecule has 2 saturated carbocycles. The van der Waals surface area contributed by atoms with E-state index >= 15 is 0 Å². The van der Waals surface area contributed by atoms with Crippen molar-refractivity contribution < 1.29 is 19.1 Å². The zero-order valence-corrected chi connectivity index (χ0v) is 18.6. The molecule has 1 aromatic carbocycles. The van der Waals surface area contributed by atoms with E-state index in [1.807, 2.05) is 19.1 Å². The summed E-state index contributed by atoms with van der Waals surface area (Å²) in [7, 11) is 4.85. The van der Waals surface area contributed by atoms with E-state index in [-0.39, 0.29) is 23.5 Å². The third-order valence-electron chi connectivity index (χ3n) is 8.06. The smallest absolute Gasteiger partial charge is 0.409 e. The molecular formula is C24H34N2O4. The van der Waals surface area contributed by atoms with Crippen molar-refractivity contribution in [3.63, 3.8) is 0 Å². The van der Waals surface area contributed by atoms with Crippen molar-refractivity contribution >= 4 is 12.0 Å². The zero-order chi connectivity index (χ0) is 21.5. The predicted octanol–water partition coefficient (Wildman–Crippen LogP) is 4.05. The molecule has 1 aliphatic heterocycles. The molecule has 1 aromatic rings. The van der Waals surface area contributed by atoms with E-state index in [4.69, 9.17) is 9.47 Å². The Balaban J connectivity index is 1.24. The van der Waals surface area contributed by atoms with E-state index in [0.29, 0.717) is 11.3 Å². The second-order valence-corrected chi connectivity index (χ2v) is 9.83. The molecule has 0 radical (unpaired) electrons. The lowest BCUT2D eigenvalue weighted by Crippen LogP contribution is -2.60. The quantitative estimate of drug-likeness (QED) is 0.746. The highest BCUT2D eigenvalue weighted by Gasteiger charge is 2.51. The minimum Gasteiger partial charge on any atom is -0.497 e. The van der Waals surface area contributed by atoms with Gasteiger partial charge < -0.3 is 19.3 Å². The van der Waals surface area contributed by atoms with Gasteiger partial charge in [-0.05, 0) is 74.5 Å². The van der Waals surface area contributed by atoms with Gasteiger partial charge in [0.25, 0.3) is 0 Å². The molecular weight excluding hydrogens is 380 g/mol. The fraction of sp³-hybridized carbons (Fsp3) is 0.667. The standard InChI is InChI=1S/C24H34N2O4/c1-23(25(2)22(28)30-4)13-19(14-23)21(27)26-11-9-24(10-12-26)15-18(16-24)17-5-7-20(29-3)8-6-17/h5-8,18-19H,9-16H2,1-4H3. The Morgan fingerprint density at radius 1 is 1.03 bits per heavy atom. The van der Waals surface area contributed by atoms with Crippen LogP contribution in [0.1, 0.15) is 56.9 Å². The van der Waals surface area contributed by atoms with Crippen molar-refractivity contribution in [2.75, 3.05) is 34.4 Å².